The highest BCUT2D eigenvalue weighted by Crippen LogP contribution is 2.12. The molecule has 2 rings (SSSR count). The maximum absolute atomic E-state index is 11.0. The van der Waals surface area contributed by atoms with E-state index < -0.39 is 6.09 Å². The summed E-state index contributed by atoms with van der Waals surface area (Å²) in [5.74, 6) is 0. The number of benzene rings is 1. The number of carbonyl (C=O) groups is 1. The minimum absolute atomic E-state index is 0.0973. The Morgan fingerprint density at radius 2 is 2.06 bits per heavy atom. The normalized spacial score (nSPS) is 20.9. The number of carboxylic acid groups (broad SMARTS) is 1. The molecule has 1 amide bonds. The third-order valence-corrected chi connectivity index (χ3v) is 3.33. The van der Waals surface area contributed by atoms with Gasteiger partial charge in [-0.15, -0.1) is 0 Å². The van der Waals surface area contributed by atoms with Crippen molar-refractivity contribution in [1.82, 2.24) is 9.80 Å². The van der Waals surface area contributed by atoms with Crippen LogP contribution in [0.1, 0.15) is 5.56 Å². The van der Waals surface area contributed by atoms with E-state index in [0.29, 0.717) is 19.6 Å². The smallest absolute Gasteiger partial charge is 0.407 e. The van der Waals surface area contributed by atoms with Gasteiger partial charge < -0.3 is 15.7 Å². The largest absolute Gasteiger partial charge is 0.465 e. The number of piperazine rings is 1. The molecule has 5 heteroatoms. The van der Waals surface area contributed by atoms with Crippen LogP contribution in [-0.2, 0) is 6.54 Å². The van der Waals surface area contributed by atoms with Crippen LogP contribution in [0.25, 0.3) is 0 Å². The molecule has 1 aromatic carbocycles. The van der Waals surface area contributed by atoms with Crippen LogP contribution in [0.3, 0.4) is 0 Å². The quantitative estimate of drug-likeness (QED) is 0.831. The molecule has 1 unspecified atom stereocenters. The summed E-state index contributed by atoms with van der Waals surface area (Å²) in [5.41, 5.74) is 6.90. The fourth-order valence-corrected chi connectivity index (χ4v) is 2.36. The Morgan fingerprint density at radius 1 is 1.33 bits per heavy atom. The first-order valence-corrected chi connectivity index (χ1v) is 6.16. The lowest BCUT2D eigenvalue weighted by Gasteiger charge is -2.39. The molecule has 1 aliphatic rings. The zero-order chi connectivity index (χ0) is 13.0. The third kappa shape index (κ3) is 3.00. The first-order chi connectivity index (χ1) is 8.70. The maximum atomic E-state index is 11.0. The van der Waals surface area contributed by atoms with Gasteiger partial charge in [-0.25, -0.2) is 4.79 Å². The molecule has 18 heavy (non-hydrogen) atoms. The molecule has 0 saturated carbocycles. The van der Waals surface area contributed by atoms with Crippen LogP contribution < -0.4 is 5.73 Å². The Balaban J connectivity index is 1.95. The molecule has 3 N–H and O–H groups in total. The average Bonchev–Trinajstić information content (AvgIpc) is 2.39. The SMILES string of the molecule is NCC1CN(Cc2ccccc2)CCN1C(=O)O. The first kappa shape index (κ1) is 12.9. The minimum atomic E-state index is -0.871. The fourth-order valence-electron chi connectivity index (χ4n) is 2.36. The number of hydrogen-bond donors (Lipinski definition) is 2. The van der Waals surface area contributed by atoms with Gasteiger partial charge in [0.2, 0.25) is 0 Å². The highest BCUT2D eigenvalue weighted by Gasteiger charge is 2.29. The summed E-state index contributed by atoms with van der Waals surface area (Å²) in [5, 5.41) is 9.07. The van der Waals surface area contributed by atoms with Crippen molar-refractivity contribution in [2.24, 2.45) is 5.73 Å². The molecule has 1 aliphatic heterocycles. The topological polar surface area (TPSA) is 69.8 Å². The van der Waals surface area contributed by atoms with Gasteiger partial charge in [-0.3, -0.25) is 4.90 Å². The van der Waals surface area contributed by atoms with Gasteiger partial charge in [0, 0.05) is 32.7 Å². The summed E-state index contributed by atoms with van der Waals surface area (Å²) in [6.45, 7) is 3.22. The zero-order valence-electron chi connectivity index (χ0n) is 10.3. The molecule has 98 valence electrons. The van der Waals surface area contributed by atoms with Crippen molar-refractivity contribution >= 4 is 6.09 Å². The number of hydrogen-bond acceptors (Lipinski definition) is 3. The molecular formula is C13H19N3O2. The first-order valence-electron chi connectivity index (χ1n) is 6.16. The Morgan fingerprint density at radius 3 is 2.67 bits per heavy atom. The highest BCUT2D eigenvalue weighted by molar-refractivity contribution is 5.65. The Bertz CT molecular complexity index is 396. The summed E-state index contributed by atoms with van der Waals surface area (Å²) in [6.07, 6.45) is -0.871. The van der Waals surface area contributed by atoms with Gasteiger partial charge >= 0.3 is 6.09 Å². The van der Waals surface area contributed by atoms with Crippen LogP contribution in [0.15, 0.2) is 30.3 Å². The van der Waals surface area contributed by atoms with Crippen LogP contribution in [-0.4, -0.2) is 53.2 Å². The highest BCUT2D eigenvalue weighted by atomic mass is 16.4. The van der Waals surface area contributed by atoms with Gasteiger partial charge in [0.15, 0.2) is 0 Å². The van der Waals surface area contributed by atoms with Gasteiger partial charge in [-0.2, -0.15) is 0 Å². The summed E-state index contributed by atoms with van der Waals surface area (Å²) in [6, 6.07) is 10.1. The molecule has 1 fully saturated rings. The average molecular weight is 249 g/mol. The summed E-state index contributed by atoms with van der Waals surface area (Å²) >= 11 is 0. The molecule has 0 bridgehead atoms. The van der Waals surface area contributed by atoms with Gasteiger partial charge in [-0.05, 0) is 5.56 Å². The Labute approximate surface area is 107 Å². The van der Waals surface area contributed by atoms with Crippen LogP contribution in [0.5, 0.6) is 0 Å². The second-order valence-corrected chi connectivity index (χ2v) is 4.59. The van der Waals surface area contributed by atoms with Crippen molar-refractivity contribution in [3.8, 4) is 0 Å². The van der Waals surface area contributed by atoms with Crippen molar-refractivity contribution < 1.29 is 9.90 Å². The molecule has 1 aromatic rings. The molecule has 1 atom stereocenters. The monoisotopic (exact) mass is 249 g/mol. The molecular weight excluding hydrogens is 230 g/mol. The van der Waals surface area contributed by atoms with Crippen molar-refractivity contribution in [2.75, 3.05) is 26.2 Å². The van der Waals surface area contributed by atoms with E-state index in [-0.39, 0.29) is 6.04 Å². The second-order valence-electron chi connectivity index (χ2n) is 4.59. The molecule has 0 aromatic heterocycles. The van der Waals surface area contributed by atoms with Crippen LogP contribution >= 0.6 is 0 Å². The van der Waals surface area contributed by atoms with Crippen LogP contribution in [0, 0.1) is 0 Å². The standard InChI is InChI=1S/C13H19N3O2/c14-8-12-10-15(6-7-16(12)13(17)18)9-11-4-2-1-3-5-11/h1-5,12H,6-10,14H2,(H,17,18). The van der Waals surface area contributed by atoms with Crippen molar-refractivity contribution in [2.45, 2.75) is 12.6 Å². The van der Waals surface area contributed by atoms with E-state index in [2.05, 4.69) is 17.0 Å². The molecule has 0 radical (unpaired) electrons. The number of amides is 1. The number of nitrogens with zero attached hydrogens (tertiary/aromatic N) is 2. The molecule has 5 nitrogen and oxygen atoms in total. The van der Waals surface area contributed by atoms with Gasteiger partial charge in [0.1, 0.15) is 0 Å². The van der Waals surface area contributed by atoms with Crippen molar-refractivity contribution in [3.05, 3.63) is 35.9 Å². The molecule has 1 saturated heterocycles. The molecule has 0 aliphatic carbocycles. The van der Waals surface area contributed by atoms with Gasteiger partial charge in [0.25, 0.3) is 0 Å². The van der Waals surface area contributed by atoms with Crippen molar-refractivity contribution in [3.63, 3.8) is 0 Å². The van der Waals surface area contributed by atoms with Gasteiger partial charge in [-0.1, -0.05) is 30.3 Å². The Hall–Kier alpha value is -1.59. The Kier molecular flexibility index (Phi) is 4.17. The fraction of sp³-hybridized carbons (Fsp3) is 0.462. The van der Waals surface area contributed by atoms with Crippen molar-refractivity contribution in [1.29, 1.82) is 0 Å². The van der Waals surface area contributed by atoms with Gasteiger partial charge in [0.05, 0.1) is 6.04 Å². The second kappa shape index (κ2) is 5.84. The third-order valence-electron chi connectivity index (χ3n) is 3.33. The lowest BCUT2D eigenvalue weighted by Crippen LogP contribution is -2.57. The predicted octanol–water partition coefficient (Wildman–Crippen LogP) is 0.809. The minimum Gasteiger partial charge on any atom is -0.465 e. The number of rotatable bonds is 3. The lowest BCUT2D eigenvalue weighted by molar-refractivity contribution is 0.0674. The van der Waals surface area contributed by atoms with E-state index >= 15 is 0 Å². The maximum Gasteiger partial charge on any atom is 0.407 e. The zero-order valence-corrected chi connectivity index (χ0v) is 10.3. The summed E-state index contributed by atoms with van der Waals surface area (Å²) in [7, 11) is 0. The van der Waals surface area contributed by atoms with Crippen LogP contribution in [0.2, 0.25) is 0 Å². The van der Waals surface area contributed by atoms with E-state index in [0.717, 1.165) is 13.1 Å². The molecule has 0 spiro atoms. The van der Waals surface area contributed by atoms with Crippen LogP contribution in [0.4, 0.5) is 4.79 Å². The summed E-state index contributed by atoms with van der Waals surface area (Å²) < 4.78 is 0. The molecule has 1 heterocycles. The van der Waals surface area contributed by atoms with E-state index in [1.165, 1.54) is 10.5 Å². The van der Waals surface area contributed by atoms with E-state index in [1.807, 2.05) is 18.2 Å². The van der Waals surface area contributed by atoms with E-state index in [4.69, 9.17) is 10.8 Å². The number of nitrogens with two attached hydrogens (primary N) is 1. The van der Waals surface area contributed by atoms with E-state index in [1.54, 1.807) is 0 Å². The predicted molar refractivity (Wildman–Crippen MR) is 69.3 cm³/mol. The summed E-state index contributed by atoms with van der Waals surface area (Å²) in [4.78, 5) is 14.7. The van der Waals surface area contributed by atoms with E-state index in [9.17, 15) is 4.79 Å². The lowest BCUT2D eigenvalue weighted by atomic mass is 10.1.